The molecule has 0 radical (unpaired) electrons. The predicted octanol–water partition coefficient (Wildman–Crippen LogP) is 3.31. The molecule has 2 heterocycles. The van der Waals surface area contributed by atoms with Crippen LogP contribution >= 0.6 is 0 Å². The van der Waals surface area contributed by atoms with Gasteiger partial charge in [-0.2, -0.15) is 0 Å². The van der Waals surface area contributed by atoms with Crippen molar-refractivity contribution in [3.05, 3.63) is 78.1 Å². The van der Waals surface area contributed by atoms with Crippen molar-refractivity contribution in [2.24, 2.45) is 0 Å². The van der Waals surface area contributed by atoms with Gasteiger partial charge in [0.2, 0.25) is 5.91 Å². The molecule has 0 aliphatic carbocycles. The molecule has 6 heteroatoms. The van der Waals surface area contributed by atoms with E-state index in [1.165, 1.54) is 0 Å². The summed E-state index contributed by atoms with van der Waals surface area (Å²) in [6.07, 6.45) is 4.22. The van der Waals surface area contributed by atoms with E-state index in [0.717, 1.165) is 40.3 Å². The summed E-state index contributed by atoms with van der Waals surface area (Å²) in [6.45, 7) is 2.03. The topological polar surface area (TPSA) is 63.7 Å². The Kier molecular flexibility index (Phi) is 6.48. The van der Waals surface area contributed by atoms with Gasteiger partial charge in [0, 0.05) is 37.6 Å². The summed E-state index contributed by atoms with van der Waals surface area (Å²) in [5.74, 6) is 1.63. The fraction of sp³-hybridized carbons (Fsp3) is 0.280. The molecular formula is C25H27N3O3. The number of hydrogen-bond acceptors (Lipinski definition) is 5. The number of pyridine rings is 1. The van der Waals surface area contributed by atoms with Crippen LogP contribution in [-0.4, -0.2) is 49.1 Å². The number of hydrogen-bond donors (Lipinski definition) is 1. The molecule has 1 N–H and O–H groups in total. The Labute approximate surface area is 182 Å². The van der Waals surface area contributed by atoms with E-state index in [2.05, 4.69) is 33.4 Å². The molecule has 1 aliphatic rings. The zero-order valence-electron chi connectivity index (χ0n) is 17.9. The van der Waals surface area contributed by atoms with Gasteiger partial charge in [0.05, 0.1) is 20.3 Å². The van der Waals surface area contributed by atoms with E-state index in [4.69, 9.17) is 9.47 Å². The van der Waals surface area contributed by atoms with E-state index in [9.17, 15) is 4.79 Å². The third kappa shape index (κ3) is 4.86. The quantitative estimate of drug-likeness (QED) is 0.639. The van der Waals surface area contributed by atoms with Crippen LogP contribution in [0.2, 0.25) is 0 Å². The summed E-state index contributed by atoms with van der Waals surface area (Å²) in [7, 11) is 3.31. The summed E-state index contributed by atoms with van der Waals surface area (Å²) >= 11 is 0. The van der Waals surface area contributed by atoms with Gasteiger partial charge in [-0.15, -0.1) is 0 Å². The molecule has 1 atom stereocenters. The molecule has 3 aromatic rings. The lowest BCUT2D eigenvalue weighted by molar-refractivity contribution is -0.129. The number of benzene rings is 2. The average Bonchev–Trinajstić information content (AvgIpc) is 2.82. The molecule has 1 aliphatic heterocycles. The molecule has 4 rings (SSSR count). The van der Waals surface area contributed by atoms with Crippen LogP contribution < -0.4 is 14.8 Å². The van der Waals surface area contributed by atoms with E-state index < -0.39 is 0 Å². The molecule has 1 unspecified atom stereocenters. The Bertz CT molecular complexity index is 1040. The fourth-order valence-electron chi connectivity index (χ4n) is 4.04. The van der Waals surface area contributed by atoms with E-state index in [1.807, 2.05) is 36.4 Å². The highest BCUT2D eigenvalue weighted by Gasteiger charge is 2.30. The molecular weight excluding hydrogens is 390 g/mol. The molecule has 0 spiro atoms. The monoisotopic (exact) mass is 417 g/mol. The van der Waals surface area contributed by atoms with Crippen molar-refractivity contribution in [2.75, 3.05) is 27.3 Å². The largest absolute Gasteiger partial charge is 0.497 e. The highest BCUT2D eigenvalue weighted by atomic mass is 16.5. The van der Waals surface area contributed by atoms with Gasteiger partial charge in [-0.05, 0) is 53.4 Å². The summed E-state index contributed by atoms with van der Waals surface area (Å²) in [5.41, 5.74) is 4.37. The number of carbonyl (C=O) groups is 1. The SMILES string of the molecule is COc1ccc(OC)c(CN2CCNC(=O)C2Cc2cccc(-c3ccncc3)c2)c1. The number of aromatic nitrogens is 1. The molecule has 6 nitrogen and oxygen atoms in total. The molecule has 1 amide bonds. The van der Waals surface area contributed by atoms with Crippen LogP contribution in [0, 0.1) is 0 Å². The van der Waals surface area contributed by atoms with Gasteiger partial charge in [-0.1, -0.05) is 24.3 Å². The van der Waals surface area contributed by atoms with Crippen molar-refractivity contribution in [3.8, 4) is 22.6 Å². The smallest absolute Gasteiger partial charge is 0.237 e. The first-order chi connectivity index (χ1) is 15.2. The molecule has 0 bridgehead atoms. The van der Waals surface area contributed by atoms with Gasteiger partial charge < -0.3 is 14.8 Å². The highest BCUT2D eigenvalue weighted by molar-refractivity contribution is 5.83. The molecule has 31 heavy (non-hydrogen) atoms. The molecule has 0 saturated carbocycles. The first-order valence-electron chi connectivity index (χ1n) is 10.4. The Morgan fingerprint density at radius 3 is 2.65 bits per heavy atom. The van der Waals surface area contributed by atoms with Crippen LogP contribution in [0.1, 0.15) is 11.1 Å². The van der Waals surface area contributed by atoms with Gasteiger partial charge in [0.25, 0.3) is 0 Å². The Morgan fingerprint density at radius 1 is 1.03 bits per heavy atom. The van der Waals surface area contributed by atoms with Gasteiger partial charge in [-0.3, -0.25) is 14.7 Å². The zero-order chi connectivity index (χ0) is 21.6. The summed E-state index contributed by atoms with van der Waals surface area (Å²) < 4.78 is 10.9. The van der Waals surface area contributed by atoms with Crippen LogP contribution in [0.15, 0.2) is 67.0 Å². The maximum atomic E-state index is 12.8. The van der Waals surface area contributed by atoms with Crippen molar-refractivity contribution in [1.82, 2.24) is 15.2 Å². The number of carbonyl (C=O) groups excluding carboxylic acids is 1. The average molecular weight is 418 g/mol. The van der Waals surface area contributed by atoms with Crippen molar-refractivity contribution >= 4 is 5.91 Å². The van der Waals surface area contributed by atoms with Crippen molar-refractivity contribution in [3.63, 3.8) is 0 Å². The number of nitrogens with one attached hydrogen (secondary N) is 1. The van der Waals surface area contributed by atoms with Crippen molar-refractivity contribution in [2.45, 2.75) is 19.0 Å². The fourth-order valence-corrected chi connectivity index (χ4v) is 4.04. The Morgan fingerprint density at radius 2 is 1.87 bits per heavy atom. The molecule has 1 saturated heterocycles. The second kappa shape index (κ2) is 9.62. The van der Waals surface area contributed by atoms with Gasteiger partial charge in [0.15, 0.2) is 0 Å². The van der Waals surface area contributed by atoms with Gasteiger partial charge >= 0.3 is 0 Å². The van der Waals surface area contributed by atoms with Crippen molar-refractivity contribution < 1.29 is 14.3 Å². The van der Waals surface area contributed by atoms with Crippen LogP contribution in [0.5, 0.6) is 11.5 Å². The third-order valence-electron chi connectivity index (χ3n) is 5.67. The summed E-state index contributed by atoms with van der Waals surface area (Å²) in [4.78, 5) is 19.1. The molecule has 2 aromatic carbocycles. The van der Waals surface area contributed by atoms with Crippen LogP contribution in [0.25, 0.3) is 11.1 Å². The molecule has 160 valence electrons. The maximum Gasteiger partial charge on any atom is 0.237 e. The summed E-state index contributed by atoms with van der Waals surface area (Å²) in [6, 6.07) is 17.9. The van der Waals surface area contributed by atoms with Gasteiger partial charge in [0.1, 0.15) is 11.5 Å². The number of piperazine rings is 1. The van der Waals surface area contributed by atoms with Crippen LogP contribution in [-0.2, 0) is 17.8 Å². The normalized spacial score (nSPS) is 16.6. The number of methoxy groups -OCH3 is 2. The maximum absolute atomic E-state index is 12.8. The van der Waals surface area contributed by atoms with E-state index >= 15 is 0 Å². The Hall–Kier alpha value is -3.38. The van der Waals surface area contributed by atoms with Gasteiger partial charge in [-0.25, -0.2) is 0 Å². The minimum atomic E-state index is -0.252. The number of rotatable bonds is 7. The first-order valence-corrected chi connectivity index (χ1v) is 10.4. The van der Waals surface area contributed by atoms with Crippen LogP contribution in [0.3, 0.4) is 0 Å². The van der Waals surface area contributed by atoms with Crippen LogP contribution in [0.4, 0.5) is 0 Å². The molecule has 1 aromatic heterocycles. The lowest BCUT2D eigenvalue weighted by atomic mass is 9.97. The first kappa shape index (κ1) is 20.9. The zero-order valence-corrected chi connectivity index (χ0v) is 17.9. The summed E-state index contributed by atoms with van der Waals surface area (Å²) in [5, 5.41) is 3.02. The van der Waals surface area contributed by atoms with E-state index in [0.29, 0.717) is 19.5 Å². The predicted molar refractivity (Wildman–Crippen MR) is 120 cm³/mol. The standard InChI is InChI=1S/C25H27N3O3/c1-30-22-6-7-24(31-2)21(16-22)17-28-13-12-27-25(29)23(28)15-18-4-3-5-20(14-18)19-8-10-26-11-9-19/h3-11,14,16,23H,12-13,15,17H2,1-2H3,(H,27,29). The molecule has 1 fully saturated rings. The minimum Gasteiger partial charge on any atom is -0.497 e. The lowest BCUT2D eigenvalue weighted by Crippen LogP contribution is -2.55. The number of nitrogens with zero attached hydrogens (tertiary/aromatic N) is 2. The second-order valence-electron chi connectivity index (χ2n) is 7.60. The number of ether oxygens (including phenoxy) is 2. The number of amides is 1. The van der Waals surface area contributed by atoms with E-state index in [1.54, 1.807) is 26.6 Å². The second-order valence-corrected chi connectivity index (χ2v) is 7.60. The van der Waals surface area contributed by atoms with Crippen molar-refractivity contribution in [1.29, 1.82) is 0 Å². The third-order valence-corrected chi connectivity index (χ3v) is 5.67. The van der Waals surface area contributed by atoms with E-state index in [-0.39, 0.29) is 11.9 Å². The lowest BCUT2D eigenvalue weighted by Gasteiger charge is -2.35. The minimum absolute atomic E-state index is 0.0578. The Balaban J connectivity index is 1.57. The highest BCUT2D eigenvalue weighted by Crippen LogP contribution is 2.27.